The molecule has 0 saturated carbocycles. The second-order valence-corrected chi connectivity index (χ2v) is 7.94. The van der Waals surface area contributed by atoms with Gasteiger partial charge < -0.3 is 10.4 Å². The summed E-state index contributed by atoms with van der Waals surface area (Å²) in [5.74, 6) is -0.803. The minimum Gasteiger partial charge on any atom is -0.481 e. The van der Waals surface area contributed by atoms with Crippen molar-refractivity contribution in [3.8, 4) is 0 Å². The number of nitrogens with zero attached hydrogens (tertiary/aromatic N) is 1. The first-order chi connectivity index (χ1) is 10.8. The fraction of sp³-hybridized carbons (Fsp3) is 0.444. The van der Waals surface area contributed by atoms with Gasteiger partial charge in [0.25, 0.3) is 0 Å². The van der Waals surface area contributed by atoms with E-state index < -0.39 is 5.97 Å². The van der Waals surface area contributed by atoms with Gasteiger partial charge in [-0.2, -0.15) is 0 Å². The van der Waals surface area contributed by atoms with Gasteiger partial charge in [-0.05, 0) is 12.5 Å². The molecule has 4 nitrogen and oxygen atoms in total. The summed E-state index contributed by atoms with van der Waals surface area (Å²) in [5, 5.41) is 13.6. The van der Waals surface area contributed by atoms with Crippen LogP contribution >= 0.6 is 11.3 Å². The topological polar surface area (TPSA) is 62.2 Å². The second kappa shape index (κ2) is 7.23. The van der Waals surface area contributed by atoms with Crippen molar-refractivity contribution in [1.82, 2.24) is 10.3 Å². The van der Waals surface area contributed by atoms with Crippen LogP contribution in [0.1, 0.15) is 54.2 Å². The molecule has 1 heterocycles. The van der Waals surface area contributed by atoms with E-state index in [1.165, 1.54) is 5.56 Å². The van der Waals surface area contributed by atoms with E-state index in [9.17, 15) is 4.79 Å². The van der Waals surface area contributed by atoms with Crippen molar-refractivity contribution in [3.63, 3.8) is 0 Å². The molecule has 2 rings (SSSR count). The summed E-state index contributed by atoms with van der Waals surface area (Å²) < 4.78 is 0. The molecule has 0 spiro atoms. The smallest absolute Gasteiger partial charge is 0.305 e. The summed E-state index contributed by atoms with van der Waals surface area (Å²) in [4.78, 5) is 16.7. The highest BCUT2D eigenvalue weighted by Gasteiger charge is 2.19. The monoisotopic (exact) mass is 332 g/mol. The maximum absolute atomic E-state index is 11.1. The number of rotatable bonds is 6. The summed E-state index contributed by atoms with van der Waals surface area (Å²) in [6, 6.07) is 7.80. The van der Waals surface area contributed by atoms with Crippen molar-refractivity contribution in [2.24, 2.45) is 0 Å². The molecule has 1 atom stereocenters. The number of thiazole rings is 1. The van der Waals surface area contributed by atoms with Gasteiger partial charge in [-0.15, -0.1) is 11.3 Å². The van der Waals surface area contributed by atoms with Crippen molar-refractivity contribution in [3.05, 3.63) is 51.5 Å². The fourth-order valence-corrected chi connectivity index (χ4v) is 3.16. The van der Waals surface area contributed by atoms with Crippen LogP contribution in [0.25, 0.3) is 0 Å². The van der Waals surface area contributed by atoms with Crippen LogP contribution in [0, 0.1) is 6.92 Å². The fourth-order valence-electron chi connectivity index (χ4n) is 2.24. The molecule has 0 radical (unpaired) electrons. The van der Waals surface area contributed by atoms with Crippen LogP contribution in [0.5, 0.6) is 0 Å². The maximum Gasteiger partial charge on any atom is 0.305 e. The van der Waals surface area contributed by atoms with Gasteiger partial charge in [-0.25, -0.2) is 4.98 Å². The zero-order valence-corrected chi connectivity index (χ0v) is 14.9. The summed E-state index contributed by atoms with van der Waals surface area (Å²) in [5.41, 5.74) is 2.21. The van der Waals surface area contributed by atoms with Crippen molar-refractivity contribution in [2.75, 3.05) is 0 Å². The van der Waals surface area contributed by atoms with E-state index in [1.54, 1.807) is 11.3 Å². The van der Waals surface area contributed by atoms with Crippen LogP contribution in [-0.4, -0.2) is 16.1 Å². The minimum atomic E-state index is -0.803. The van der Waals surface area contributed by atoms with E-state index in [1.807, 2.05) is 37.4 Å². The highest BCUT2D eigenvalue weighted by molar-refractivity contribution is 7.11. The first-order valence-electron chi connectivity index (χ1n) is 7.72. The summed E-state index contributed by atoms with van der Waals surface area (Å²) >= 11 is 1.68. The molecule has 0 aliphatic rings. The third-order valence-electron chi connectivity index (χ3n) is 3.58. The zero-order valence-electron chi connectivity index (χ0n) is 14.1. The highest BCUT2D eigenvalue weighted by atomic mass is 32.1. The molecule has 0 unspecified atom stereocenters. The van der Waals surface area contributed by atoms with E-state index in [0.29, 0.717) is 6.54 Å². The first-order valence-corrected chi connectivity index (χ1v) is 8.54. The molecule has 124 valence electrons. The first kappa shape index (κ1) is 17.6. The molecule has 0 bridgehead atoms. The van der Waals surface area contributed by atoms with Crippen molar-refractivity contribution >= 4 is 17.3 Å². The normalized spacial score (nSPS) is 13.0. The Kier molecular flexibility index (Phi) is 5.55. The average Bonchev–Trinajstić information content (AvgIpc) is 2.93. The van der Waals surface area contributed by atoms with E-state index >= 15 is 0 Å². The Balaban J connectivity index is 2.08. The lowest BCUT2D eigenvalue weighted by molar-refractivity contribution is -0.137. The van der Waals surface area contributed by atoms with Crippen LogP contribution in [-0.2, 0) is 16.8 Å². The van der Waals surface area contributed by atoms with E-state index in [2.05, 4.69) is 31.1 Å². The molecule has 0 aliphatic carbocycles. The van der Waals surface area contributed by atoms with E-state index in [0.717, 1.165) is 15.4 Å². The minimum absolute atomic E-state index is 0.0420. The Morgan fingerprint density at radius 3 is 2.48 bits per heavy atom. The Bertz CT molecular complexity index is 656. The largest absolute Gasteiger partial charge is 0.481 e. The number of carboxylic acids is 1. The zero-order chi connectivity index (χ0) is 17.0. The number of carboxylic acid groups (broad SMARTS) is 1. The molecule has 0 amide bonds. The third-order valence-corrected chi connectivity index (χ3v) is 5.00. The quantitative estimate of drug-likeness (QED) is 0.837. The maximum atomic E-state index is 11.1. The molecule has 0 aliphatic heterocycles. The molecule has 1 aromatic carbocycles. The molecule has 2 N–H and O–H groups in total. The standard InChI is InChI=1S/C18H24N2O2S/c1-12-5-7-13(8-6-12)15(9-16(21)22)19-10-14-11-20-17(23-14)18(2,3)4/h5-8,11,15,19H,9-10H2,1-4H3,(H,21,22)/t15-/m0/s1. The lowest BCUT2D eigenvalue weighted by Gasteiger charge is -2.17. The molecule has 2 aromatic rings. The van der Waals surface area contributed by atoms with Gasteiger partial charge in [0.1, 0.15) is 0 Å². The SMILES string of the molecule is Cc1ccc([C@H](CC(=O)O)NCc2cnc(C(C)(C)C)s2)cc1. The van der Waals surface area contributed by atoms with Crippen LogP contribution in [0.2, 0.25) is 0 Å². The molecule has 0 saturated heterocycles. The Morgan fingerprint density at radius 2 is 1.96 bits per heavy atom. The lowest BCUT2D eigenvalue weighted by atomic mass is 9.98. The van der Waals surface area contributed by atoms with Gasteiger partial charge in [-0.3, -0.25) is 4.79 Å². The van der Waals surface area contributed by atoms with Crippen LogP contribution < -0.4 is 5.32 Å². The van der Waals surface area contributed by atoms with Crippen molar-refractivity contribution < 1.29 is 9.90 Å². The predicted octanol–water partition coefficient (Wildman–Crippen LogP) is 4.05. The van der Waals surface area contributed by atoms with Gasteiger partial charge in [-0.1, -0.05) is 50.6 Å². The molecule has 0 fully saturated rings. The number of hydrogen-bond acceptors (Lipinski definition) is 4. The lowest BCUT2D eigenvalue weighted by Crippen LogP contribution is -2.23. The Hall–Kier alpha value is -1.72. The number of benzene rings is 1. The molecular formula is C18H24N2O2S. The Labute approximate surface area is 141 Å². The molecule has 5 heteroatoms. The summed E-state index contributed by atoms with van der Waals surface area (Å²) in [6.07, 6.45) is 1.94. The van der Waals surface area contributed by atoms with Gasteiger partial charge in [0, 0.05) is 29.1 Å². The van der Waals surface area contributed by atoms with Gasteiger partial charge >= 0.3 is 5.97 Å². The summed E-state index contributed by atoms with van der Waals surface area (Å²) in [6.45, 7) is 9.07. The van der Waals surface area contributed by atoms with Crippen molar-refractivity contribution in [2.45, 2.75) is 52.1 Å². The molecule has 23 heavy (non-hydrogen) atoms. The van der Waals surface area contributed by atoms with Gasteiger partial charge in [0.2, 0.25) is 0 Å². The number of nitrogens with one attached hydrogen (secondary N) is 1. The number of hydrogen-bond donors (Lipinski definition) is 2. The Morgan fingerprint density at radius 1 is 1.30 bits per heavy atom. The molecule has 1 aromatic heterocycles. The van der Waals surface area contributed by atoms with Gasteiger partial charge in [0.05, 0.1) is 11.4 Å². The second-order valence-electron chi connectivity index (χ2n) is 6.82. The van der Waals surface area contributed by atoms with Crippen LogP contribution in [0.4, 0.5) is 0 Å². The third kappa shape index (κ3) is 5.15. The van der Waals surface area contributed by atoms with E-state index in [-0.39, 0.29) is 17.9 Å². The number of carbonyl (C=O) groups is 1. The van der Waals surface area contributed by atoms with Crippen LogP contribution in [0.3, 0.4) is 0 Å². The highest BCUT2D eigenvalue weighted by Crippen LogP contribution is 2.27. The number of aliphatic carboxylic acids is 1. The number of aryl methyl sites for hydroxylation is 1. The average molecular weight is 332 g/mol. The predicted molar refractivity (Wildman–Crippen MR) is 93.8 cm³/mol. The van der Waals surface area contributed by atoms with Crippen molar-refractivity contribution in [1.29, 1.82) is 0 Å². The molecular weight excluding hydrogens is 308 g/mol. The van der Waals surface area contributed by atoms with Crippen LogP contribution in [0.15, 0.2) is 30.5 Å². The summed E-state index contributed by atoms with van der Waals surface area (Å²) in [7, 11) is 0. The number of aromatic nitrogens is 1. The van der Waals surface area contributed by atoms with Gasteiger partial charge in [0.15, 0.2) is 0 Å². The van der Waals surface area contributed by atoms with E-state index in [4.69, 9.17) is 5.11 Å².